The minimum Gasteiger partial charge on any atom is -0.406 e. The number of alkyl halides is 3. The molecule has 0 aliphatic heterocycles. The van der Waals surface area contributed by atoms with Gasteiger partial charge in [-0.25, -0.2) is 22.0 Å². The Morgan fingerprint density at radius 1 is 0.846 bits per heavy atom. The zero-order valence-corrected chi connectivity index (χ0v) is 33.2. The first-order valence-electron chi connectivity index (χ1n) is 16.8. The highest BCUT2D eigenvalue weighted by Gasteiger charge is 2.50. The molecule has 2 atom stereocenters. The molecule has 0 aliphatic rings. The number of halogens is 3. The Kier molecular flexibility index (Phi) is 13.5. The van der Waals surface area contributed by atoms with Gasteiger partial charge in [-0.15, -0.1) is 11.8 Å². The molecule has 8 nitrogen and oxygen atoms in total. The van der Waals surface area contributed by atoms with Crippen molar-refractivity contribution in [2.24, 2.45) is 5.14 Å². The monoisotopic (exact) mass is 793 g/mol. The van der Waals surface area contributed by atoms with Gasteiger partial charge in [-0.2, -0.15) is 13.2 Å². The van der Waals surface area contributed by atoms with Crippen LogP contribution in [0.2, 0.25) is 5.04 Å². The standard InChI is InChI=1S/C37H46F3N3O5S3Si/c1-6-43(24-25-48-52(36(3,4)5,31-18-12-8-13-19-31)32-20-14-9-15-21-32)35(49-29-16-10-7-11-17-29)26-28(2)42-33-23-22-30(51(41,46)47)27-34(33)50(44,45)37(38,39)40/h7-23,27-28,35,42H,6,24-26H2,1-5H3,(H2,41,46,47)/t28-,35+/m1/s1. The van der Waals surface area contributed by atoms with E-state index >= 15 is 0 Å². The van der Waals surface area contributed by atoms with Crippen molar-refractivity contribution in [3.05, 3.63) is 109 Å². The number of nitrogens with two attached hydrogens (primary N) is 1. The first kappa shape index (κ1) is 41.6. The second-order valence-corrected chi connectivity index (χ2v) is 22.5. The number of hydrogen-bond acceptors (Lipinski definition) is 8. The molecule has 0 spiro atoms. The second-order valence-electron chi connectivity index (χ2n) is 13.5. The summed E-state index contributed by atoms with van der Waals surface area (Å²) in [7, 11) is -13.2. The first-order chi connectivity index (χ1) is 24.3. The molecule has 0 heterocycles. The molecule has 0 saturated heterocycles. The second kappa shape index (κ2) is 16.9. The maximum atomic E-state index is 13.7. The fourth-order valence-corrected chi connectivity index (χ4v) is 13.8. The van der Waals surface area contributed by atoms with Gasteiger partial charge in [0.05, 0.1) is 16.0 Å². The van der Waals surface area contributed by atoms with Crippen molar-refractivity contribution in [3.63, 3.8) is 0 Å². The lowest BCUT2D eigenvalue weighted by atomic mass is 10.2. The van der Waals surface area contributed by atoms with Gasteiger partial charge in [-0.05, 0) is 65.6 Å². The van der Waals surface area contributed by atoms with E-state index in [-0.39, 0.29) is 16.1 Å². The summed E-state index contributed by atoms with van der Waals surface area (Å²) in [6, 6.07) is 32.2. The van der Waals surface area contributed by atoms with Crippen LogP contribution in [0.25, 0.3) is 0 Å². The van der Waals surface area contributed by atoms with Crippen molar-refractivity contribution in [3.8, 4) is 0 Å². The molecule has 4 rings (SSSR count). The van der Waals surface area contributed by atoms with Crippen LogP contribution in [0.4, 0.5) is 18.9 Å². The average Bonchev–Trinajstić information content (AvgIpc) is 3.08. The van der Waals surface area contributed by atoms with Gasteiger partial charge in [0.2, 0.25) is 10.0 Å². The van der Waals surface area contributed by atoms with Crippen molar-refractivity contribution in [2.75, 3.05) is 25.0 Å². The highest BCUT2D eigenvalue weighted by atomic mass is 32.2. The number of sulfone groups is 1. The summed E-state index contributed by atoms with van der Waals surface area (Å²) in [6.07, 6.45) is 0.370. The molecule has 15 heteroatoms. The third kappa shape index (κ3) is 9.67. The molecule has 0 fully saturated rings. The molecule has 0 unspecified atom stereocenters. The number of anilines is 1. The van der Waals surface area contributed by atoms with E-state index in [1.807, 2.05) is 73.7 Å². The summed E-state index contributed by atoms with van der Waals surface area (Å²) < 4.78 is 97.5. The summed E-state index contributed by atoms with van der Waals surface area (Å²) in [5.41, 5.74) is -6.04. The normalized spacial score (nSPS) is 14.3. The van der Waals surface area contributed by atoms with Gasteiger partial charge >= 0.3 is 5.51 Å². The average molecular weight is 794 g/mol. The van der Waals surface area contributed by atoms with E-state index in [0.29, 0.717) is 32.2 Å². The van der Waals surface area contributed by atoms with Gasteiger partial charge in [0.25, 0.3) is 18.2 Å². The van der Waals surface area contributed by atoms with Crippen LogP contribution in [0.5, 0.6) is 0 Å². The van der Waals surface area contributed by atoms with Gasteiger partial charge in [0.1, 0.15) is 4.90 Å². The van der Waals surface area contributed by atoms with E-state index < -0.39 is 49.5 Å². The Morgan fingerprint density at radius 2 is 1.37 bits per heavy atom. The van der Waals surface area contributed by atoms with Crippen molar-refractivity contribution in [1.29, 1.82) is 0 Å². The Bertz CT molecular complexity index is 1940. The van der Waals surface area contributed by atoms with Crippen LogP contribution in [0.1, 0.15) is 41.0 Å². The molecule has 0 bridgehead atoms. The zero-order valence-electron chi connectivity index (χ0n) is 29.8. The quantitative estimate of drug-likeness (QED) is 0.0720. The molecular weight excluding hydrogens is 748 g/mol. The zero-order chi connectivity index (χ0) is 38.4. The summed E-state index contributed by atoms with van der Waals surface area (Å²) in [4.78, 5) is 1.26. The molecule has 52 heavy (non-hydrogen) atoms. The topological polar surface area (TPSA) is 119 Å². The lowest BCUT2D eigenvalue weighted by molar-refractivity contribution is -0.0435. The highest BCUT2D eigenvalue weighted by molar-refractivity contribution is 7.99. The molecule has 0 radical (unpaired) electrons. The van der Waals surface area contributed by atoms with Crippen molar-refractivity contribution >= 4 is 56.0 Å². The van der Waals surface area contributed by atoms with Crippen LogP contribution in [0.15, 0.2) is 124 Å². The number of hydrogen-bond donors (Lipinski definition) is 2. The van der Waals surface area contributed by atoms with Gasteiger partial charge < -0.3 is 9.74 Å². The predicted octanol–water partition coefficient (Wildman–Crippen LogP) is 6.83. The Morgan fingerprint density at radius 3 is 1.83 bits per heavy atom. The molecule has 0 amide bonds. The van der Waals surface area contributed by atoms with Crippen LogP contribution in [-0.2, 0) is 24.3 Å². The molecule has 3 N–H and O–H groups in total. The molecule has 4 aromatic carbocycles. The fourth-order valence-electron chi connectivity index (χ4n) is 6.28. The van der Waals surface area contributed by atoms with Crippen molar-refractivity contribution in [2.45, 2.75) is 77.7 Å². The molecule has 282 valence electrons. The Labute approximate surface area is 311 Å². The van der Waals surface area contributed by atoms with Gasteiger partial charge in [-0.1, -0.05) is 107 Å². The summed E-state index contributed by atoms with van der Waals surface area (Å²) in [6.45, 7) is 12.0. The van der Waals surface area contributed by atoms with Crippen LogP contribution >= 0.6 is 11.8 Å². The largest absolute Gasteiger partial charge is 0.501 e. The minimum atomic E-state index is -5.93. The molecule has 4 aromatic rings. The lowest BCUT2D eigenvalue weighted by Gasteiger charge is -2.43. The maximum Gasteiger partial charge on any atom is 0.501 e. The van der Waals surface area contributed by atoms with Crippen molar-refractivity contribution < 1.29 is 34.4 Å². The summed E-state index contributed by atoms with van der Waals surface area (Å²) in [5.74, 6) is 0. The Hall–Kier alpha value is -3.18. The molecular formula is C37H46F3N3O5S3Si. The maximum absolute atomic E-state index is 13.7. The van der Waals surface area contributed by atoms with Gasteiger partial charge in [-0.3, -0.25) is 4.90 Å². The number of nitrogens with one attached hydrogen (secondary N) is 1. The Balaban J connectivity index is 1.65. The summed E-state index contributed by atoms with van der Waals surface area (Å²) in [5, 5.41) is 9.93. The number of nitrogens with zero attached hydrogens (tertiary/aromatic N) is 1. The lowest BCUT2D eigenvalue weighted by Crippen LogP contribution is -2.67. The fraction of sp³-hybridized carbons (Fsp3) is 0.351. The molecule has 0 saturated carbocycles. The number of benzene rings is 4. The number of likely N-dealkylation sites (N-methyl/N-ethyl adjacent to an activating group) is 1. The third-order valence-electron chi connectivity index (χ3n) is 8.78. The smallest absolute Gasteiger partial charge is 0.406 e. The number of thioether (sulfide) groups is 1. The van der Waals surface area contributed by atoms with E-state index in [1.165, 1.54) is 0 Å². The third-order valence-corrected chi connectivity index (χ3v) is 17.6. The summed E-state index contributed by atoms with van der Waals surface area (Å²) >= 11 is 1.58. The number of primary sulfonamides is 1. The van der Waals surface area contributed by atoms with Gasteiger partial charge in [0.15, 0.2) is 0 Å². The molecule has 0 aromatic heterocycles. The van der Waals surface area contributed by atoms with Crippen LogP contribution in [0, 0.1) is 0 Å². The van der Waals surface area contributed by atoms with Crippen LogP contribution in [-0.4, -0.2) is 66.7 Å². The van der Waals surface area contributed by atoms with E-state index in [9.17, 15) is 30.0 Å². The van der Waals surface area contributed by atoms with Crippen molar-refractivity contribution in [1.82, 2.24) is 4.90 Å². The van der Waals surface area contributed by atoms with E-state index in [0.717, 1.165) is 27.4 Å². The SMILES string of the molecule is CCN(CCO[Si](c1ccccc1)(c1ccccc1)C(C)(C)C)[C@H](C[C@@H](C)Nc1ccc(S(N)(=O)=O)cc1S(=O)(=O)C(F)(F)F)Sc1ccccc1. The van der Waals surface area contributed by atoms with Gasteiger partial charge in [0, 0.05) is 24.1 Å². The minimum absolute atomic E-state index is 0.218. The number of sulfonamides is 1. The van der Waals surface area contributed by atoms with E-state index in [1.54, 1.807) is 18.7 Å². The van der Waals surface area contributed by atoms with Crippen LogP contribution in [0.3, 0.4) is 0 Å². The predicted molar refractivity (Wildman–Crippen MR) is 206 cm³/mol. The number of rotatable bonds is 16. The molecule has 0 aliphatic carbocycles. The van der Waals surface area contributed by atoms with E-state index in [2.05, 4.69) is 55.3 Å². The van der Waals surface area contributed by atoms with Crippen LogP contribution < -0.4 is 20.8 Å². The highest BCUT2D eigenvalue weighted by Crippen LogP contribution is 2.38. The van der Waals surface area contributed by atoms with E-state index in [4.69, 9.17) is 9.56 Å². The first-order valence-corrected chi connectivity index (χ1v) is 22.6.